The molecule has 0 spiro atoms. The van der Waals surface area contributed by atoms with Crippen LogP contribution in [0.15, 0.2) is 60.4 Å². The highest BCUT2D eigenvalue weighted by Gasteiger charge is 2.38. The summed E-state index contributed by atoms with van der Waals surface area (Å²) in [6, 6.07) is 6.36. The molecule has 1 fully saturated rings. The van der Waals surface area contributed by atoms with Crippen LogP contribution in [-0.4, -0.2) is 116 Å². The molecular weight excluding hydrogens is 844 g/mol. The monoisotopic (exact) mass is 902 g/mol. The summed E-state index contributed by atoms with van der Waals surface area (Å²) in [5, 5.41) is 22.4. The van der Waals surface area contributed by atoms with Crippen molar-refractivity contribution in [3.8, 4) is 0 Å². The van der Waals surface area contributed by atoms with Crippen molar-refractivity contribution in [1.82, 2.24) is 35.7 Å². The normalized spacial score (nSPS) is 17.6. The molecule has 0 radical (unpaired) electrons. The fraction of sp³-hybridized carbons (Fsp3) is 0.537. The molecule has 7 unspecified atom stereocenters. The highest BCUT2D eigenvalue weighted by molar-refractivity contribution is 7.47. The maximum atomic E-state index is 14.3. The van der Waals surface area contributed by atoms with Gasteiger partial charge in [0.2, 0.25) is 35.4 Å². The van der Waals surface area contributed by atoms with Crippen LogP contribution >= 0.6 is 19.2 Å². The predicted octanol–water partition coefficient (Wildman–Crippen LogP) is 1.51. The van der Waals surface area contributed by atoms with Crippen molar-refractivity contribution in [3.63, 3.8) is 0 Å². The van der Waals surface area contributed by atoms with E-state index < -0.39 is 85.8 Å². The number of likely N-dealkylation sites (tertiary alicyclic amines) is 1. The van der Waals surface area contributed by atoms with Gasteiger partial charge in [-0.05, 0) is 63.0 Å². The minimum atomic E-state index is -4.75. The van der Waals surface area contributed by atoms with Gasteiger partial charge in [-0.25, -0.2) is 9.55 Å². The molecule has 21 heteroatoms. The molecule has 1 aliphatic heterocycles. The number of nitrogens with zero attached hydrogens (tertiary/aromatic N) is 3. The molecule has 7 atom stereocenters. The molecule has 0 aliphatic carbocycles. The van der Waals surface area contributed by atoms with Crippen LogP contribution in [0.1, 0.15) is 76.9 Å². The number of phosphoric ester groups is 1. The fourth-order valence-electron chi connectivity index (χ4n) is 7.20. The van der Waals surface area contributed by atoms with E-state index in [1.54, 1.807) is 6.33 Å². The maximum Gasteiger partial charge on any atom is 0.472 e. The lowest BCUT2D eigenvalue weighted by Crippen LogP contribution is -2.61. The molecule has 4 rings (SSSR count). The summed E-state index contributed by atoms with van der Waals surface area (Å²) in [4.78, 5) is 97.2. The van der Waals surface area contributed by atoms with Gasteiger partial charge in [0.15, 0.2) is 0 Å². The minimum absolute atomic E-state index is 0.0940. The lowest BCUT2D eigenvalue weighted by atomic mass is 9.93. The fourth-order valence-corrected chi connectivity index (χ4v) is 8.81. The summed E-state index contributed by atoms with van der Waals surface area (Å²) < 4.78 is 24.7. The molecule has 1 aliphatic rings. The Balaban J connectivity index is 1.56. The molecular formula is C41H59N8O11PS. The van der Waals surface area contributed by atoms with Crippen LogP contribution in [0.5, 0.6) is 0 Å². The number of thiophene rings is 1. The summed E-state index contributed by atoms with van der Waals surface area (Å²) in [5.74, 6) is -4.78. The van der Waals surface area contributed by atoms with Gasteiger partial charge in [0.1, 0.15) is 30.2 Å². The first kappa shape index (κ1) is 49.7. The molecule has 19 nitrogen and oxygen atoms in total. The second kappa shape index (κ2) is 22.4. The predicted molar refractivity (Wildman–Crippen MR) is 229 cm³/mol. The van der Waals surface area contributed by atoms with E-state index in [0.717, 1.165) is 10.4 Å². The van der Waals surface area contributed by atoms with Crippen molar-refractivity contribution >= 4 is 54.6 Å². The third-order valence-electron chi connectivity index (χ3n) is 10.5. The number of hydrogen-bond acceptors (Lipinski definition) is 12. The summed E-state index contributed by atoms with van der Waals surface area (Å²) in [6.45, 7) is 9.42. The van der Waals surface area contributed by atoms with E-state index in [-0.39, 0.29) is 31.3 Å². The topological polar surface area (TPSA) is 274 Å². The number of nitrogens with two attached hydrogens (primary N) is 1. The second-order valence-electron chi connectivity index (χ2n) is 16.1. The van der Waals surface area contributed by atoms with Crippen molar-refractivity contribution < 1.29 is 52.4 Å². The maximum absolute atomic E-state index is 14.3. The van der Waals surface area contributed by atoms with Gasteiger partial charge in [0, 0.05) is 43.1 Å². The number of rotatable bonds is 23. The number of imidazole rings is 1. The number of nitrogens with one attached hydrogen (secondary N) is 4. The molecule has 8 N–H and O–H groups in total. The van der Waals surface area contributed by atoms with Crippen molar-refractivity contribution in [2.75, 3.05) is 19.8 Å². The zero-order valence-electron chi connectivity index (χ0n) is 35.8. The highest BCUT2D eigenvalue weighted by Crippen LogP contribution is 2.45. The van der Waals surface area contributed by atoms with E-state index in [2.05, 4.69) is 26.3 Å². The number of carbonyl (C=O) groups excluding carboxylic acids is 6. The van der Waals surface area contributed by atoms with Crippen LogP contribution in [0.3, 0.4) is 0 Å². The average molecular weight is 903 g/mol. The van der Waals surface area contributed by atoms with Crippen LogP contribution in [0.2, 0.25) is 0 Å². The molecule has 0 bridgehead atoms. The zero-order chi connectivity index (χ0) is 45.8. The van der Waals surface area contributed by atoms with Crippen molar-refractivity contribution in [2.45, 2.75) is 115 Å². The number of amides is 6. The number of hydrogen-bond donors (Lipinski definition) is 7. The quantitative estimate of drug-likeness (QED) is 0.0668. The lowest BCUT2D eigenvalue weighted by Gasteiger charge is -2.31. The summed E-state index contributed by atoms with van der Waals surface area (Å²) in [5.41, 5.74) is 6.26. The van der Waals surface area contributed by atoms with E-state index >= 15 is 0 Å². The Morgan fingerprint density at radius 3 is 2.24 bits per heavy atom. The zero-order valence-corrected chi connectivity index (χ0v) is 37.5. The van der Waals surface area contributed by atoms with Crippen LogP contribution in [0.25, 0.3) is 0 Å². The molecule has 3 aromatic rings. The number of aliphatic hydroxyl groups is 1. The Bertz CT molecular complexity index is 2050. The van der Waals surface area contributed by atoms with Gasteiger partial charge in [0.05, 0.1) is 31.2 Å². The highest BCUT2D eigenvalue weighted by atomic mass is 32.1. The third-order valence-corrected chi connectivity index (χ3v) is 12.6. The van der Waals surface area contributed by atoms with Gasteiger partial charge in [-0.15, -0.1) is 11.3 Å². The molecule has 62 heavy (non-hydrogen) atoms. The molecule has 6 amide bonds. The summed E-state index contributed by atoms with van der Waals surface area (Å²) >= 11 is 1.43. The standard InChI is InChI=1S/C41H59N8O11PS/c1-25(2)20-31(45-40(56)34-15-10-17-48(34)27(4)51)37(53)44-32(21-29-22-43-24-49(29)41(5,6)28-12-8-7-9-13-28)38(54)46-33(23-50)39(55)47-35(36(42)52)26(3)60-61(57,58)59-18-16-30-14-11-19-62-30/h7-9,11-14,19,22,24-26,31-35,50H,10,15-18,20-21,23H2,1-6H3,(H2,42,52)(H,44,53)(H,45,56)(H,46,54)(H,47,55)(H,57,58). The minimum Gasteiger partial charge on any atom is -0.394 e. The van der Waals surface area contributed by atoms with E-state index in [0.29, 0.717) is 31.5 Å². The molecule has 1 aromatic carbocycles. The Morgan fingerprint density at radius 2 is 1.63 bits per heavy atom. The Kier molecular flexibility index (Phi) is 17.9. The summed E-state index contributed by atoms with van der Waals surface area (Å²) in [6.07, 6.45) is 2.95. The molecule has 3 heterocycles. The molecule has 2 aromatic heterocycles. The van der Waals surface area contributed by atoms with E-state index in [1.165, 1.54) is 36.3 Å². The van der Waals surface area contributed by atoms with Gasteiger partial charge in [-0.2, -0.15) is 0 Å². The third kappa shape index (κ3) is 13.8. The number of primary amides is 1. The SMILES string of the molecule is CC(=O)N1CCCC1C(=O)NC(CC(C)C)C(=O)NC(Cc1cncn1C(C)(C)c1ccccc1)C(=O)NC(CO)C(=O)NC(C(N)=O)C(C)OP(=O)(O)OCCc1cccs1. The van der Waals surface area contributed by atoms with Crippen LogP contribution in [-0.2, 0) is 60.8 Å². The number of benzene rings is 1. The smallest absolute Gasteiger partial charge is 0.394 e. The number of aromatic nitrogens is 2. The molecule has 0 saturated carbocycles. The van der Waals surface area contributed by atoms with Gasteiger partial charge < -0.3 is 46.5 Å². The van der Waals surface area contributed by atoms with Gasteiger partial charge in [0.25, 0.3) is 0 Å². The van der Waals surface area contributed by atoms with E-state index in [9.17, 15) is 43.3 Å². The van der Waals surface area contributed by atoms with E-state index in [4.69, 9.17) is 14.8 Å². The van der Waals surface area contributed by atoms with Crippen LogP contribution < -0.4 is 27.0 Å². The Labute approximate surface area is 365 Å². The van der Waals surface area contributed by atoms with Gasteiger partial charge >= 0.3 is 7.82 Å². The van der Waals surface area contributed by atoms with Crippen LogP contribution in [0.4, 0.5) is 0 Å². The molecule has 340 valence electrons. The van der Waals surface area contributed by atoms with Gasteiger partial charge in [-0.3, -0.25) is 37.8 Å². The average Bonchev–Trinajstić information content (AvgIpc) is 4.01. The van der Waals surface area contributed by atoms with Gasteiger partial charge in [-0.1, -0.05) is 50.2 Å². The van der Waals surface area contributed by atoms with Crippen LogP contribution in [0, 0.1) is 5.92 Å². The number of aliphatic hydroxyl groups excluding tert-OH is 1. The van der Waals surface area contributed by atoms with Crippen molar-refractivity contribution in [3.05, 3.63) is 76.5 Å². The van der Waals surface area contributed by atoms with Crippen molar-refractivity contribution in [1.29, 1.82) is 0 Å². The van der Waals surface area contributed by atoms with Crippen molar-refractivity contribution in [2.24, 2.45) is 11.7 Å². The Hall–Kier alpha value is -4.98. The first-order chi connectivity index (χ1) is 29.2. The van der Waals surface area contributed by atoms with E-state index in [1.807, 2.05) is 80.1 Å². The number of phosphoric acid groups is 1. The largest absolute Gasteiger partial charge is 0.472 e. The lowest BCUT2D eigenvalue weighted by molar-refractivity contribution is -0.139. The Morgan fingerprint density at radius 1 is 0.968 bits per heavy atom. The number of carbonyl (C=O) groups is 6. The molecule has 1 saturated heterocycles. The second-order valence-corrected chi connectivity index (χ2v) is 18.5. The first-order valence-corrected chi connectivity index (χ1v) is 22.8. The summed E-state index contributed by atoms with van der Waals surface area (Å²) in [7, 11) is -4.75. The first-order valence-electron chi connectivity index (χ1n) is 20.4.